The van der Waals surface area contributed by atoms with Crippen LogP contribution in [0.3, 0.4) is 0 Å². The van der Waals surface area contributed by atoms with Crippen LogP contribution in [0.4, 0.5) is 0 Å². The molecule has 0 bridgehead atoms. The molecule has 0 aromatic rings. The van der Waals surface area contributed by atoms with Crippen LogP contribution in [0.25, 0.3) is 0 Å². The second-order valence-corrected chi connectivity index (χ2v) is 3.21. The van der Waals surface area contributed by atoms with Crippen LogP contribution in [0, 0.1) is 17.2 Å². The normalized spacial score (nSPS) is 12.7. The predicted molar refractivity (Wildman–Crippen MR) is 48.1 cm³/mol. The third kappa shape index (κ3) is 3.23. The molecule has 0 saturated carbocycles. The Kier molecular flexibility index (Phi) is 4.61. The van der Waals surface area contributed by atoms with Crippen LogP contribution in [0.15, 0.2) is 11.1 Å². The van der Waals surface area contributed by atoms with E-state index in [4.69, 9.17) is 5.26 Å². The van der Waals surface area contributed by atoms with Gasteiger partial charge >= 0.3 is 0 Å². The van der Waals surface area contributed by atoms with Crippen molar-refractivity contribution >= 4 is 0 Å². The van der Waals surface area contributed by atoms with Gasteiger partial charge < -0.3 is 0 Å². The van der Waals surface area contributed by atoms with E-state index < -0.39 is 0 Å². The first-order valence-electron chi connectivity index (χ1n) is 4.23. The van der Waals surface area contributed by atoms with Crippen molar-refractivity contribution < 1.29 is 0 Å². The van der Waals surface area contributed by atoms with Gasteiger partial charge in [-0.2, -0.15) is 5.26 Å². The van der Waals surface area contributed by atoms with Gasteiger partial charge in [0, 0.05) is 5.57 Å². The van der Waals surface area contributed by atoms with Gasteiger partial charge in [0.25, 0.3) is 0 Å². The van der Waals surface area contributed by atoms with Crippen LogP contribution in [0.2, 0.25) is 0 Å². The fraction of sp³-hybridized carbons (Fsp3) is 0.700. The molecule has 0 aliphatic carbocycles. The lowest BCUT2D eigenvalue weighted by molar-refractivity contribution is 0.763. The number of allylic oxidation sites excluding steroid dienone is 2. The molecular weight excluding hydrogens is 134 g/mol. The van der Waals surface area contributed by atoms with Crippen molar-refractivity contribution in [2.24, 2.45) is 5.92 Å². The maximum Gasteiger partial charge on any atom is 0.0949 e. The van der Waals surface area contributed by atoms with E-state index in [2.05, 4.69) is 33.8 Å². The van der Waals surface area contributed by atoms with E-state index in [0.717, 1.165) is 18.4 Å². The maximum atomic E-state index is 8.79. The van der Waals surface area contributed by atoms with Gasteiger partial charge in [-0.3, -0.25) is 0 Å². The predicted octanol–water partition coefficient (Wildman–Crippen LogP) is 3.28. The highest BCUT2D eigenvalue weighted by Gasteiger charge is 2.04. The molecule has 62 valence electrons. The van der Waals surface area contributed by atoms with E-state index in [1.54, 1.807) is 0 Å². The zero-order valence-electron chi connectivity index (χ0n) is 7.94. The van der Waals surface area contributed by atoms with Crippen molar-refractivity contribution in [1.82, 2.24) is 0 Å². The highest BCUT2D eigenvalue weighted by molar-refractivity contribution is 5.28. The topological polar surface area (TPSA) is 23.8 Å². The molecule has 0 fully saturated rings. The average Bonchev–Trinajstić information content (AvgIpc) is 1.88. The summed E-state index contributed by atoms with van der Waals surface area (Å²) in [6, 6.07) is 2.27. The summed E-state index contributed by atoms with van der Waals surface area (Å²) in [4.78, 5) is 0. The van der Waals surface area contributed by atoms with Crippen molar-refractivity contribution in [3.05, 3.63) is 11.1 Å². The SMILES string of the molecule is CCCC(C)=C(C#N)C(C)C. The maximum absolute atomic E-state index is 8.79. The number of rotatable bonds is 3. The van der Waals surface area contributed by atoms with E-state index >= 15 is 0 Å². The minimum Gasteiger partial charge on any atom is -0.193 e. The lowest BCUT2D eigenvalue weighted by Gasteiger charge is -2.06. The van der Waals surface area contributed by atoms with Gasteiger partial charge in [-0.25, -0.2) is 0 Å². The molecule has 0 atom stereocenters. The van der Waals surface area contributed by atoms with E-state index in [-0.39, 0.29) is 0 Å². The molecule has 0 aliphatic rings. The number of hydrogen-bond donors (Lipinski definition) is 0. The molecule has 0 rings (SSSR count). The fourth-order valence-corrected chi connectivity index (χ4v) is 1.23. The van der Waals surface area contributed by atoms with E-state index in [0.29, 0.717) is 5.92 Å². The van der Waals surface area contributed by atoms with Crippen LogP contribution in [0.5, 0.6) is 0 Å². The largest absolute Gasteiger partial charge is 0.193 e. The quantitative estimate of drug-likeness (QED) is 0.568. The molecule has 0 spiro atoms. The highest BCUT2D eigenvalue weighted by atomic mass is 14.3. The molecule has 1 heteroatoms. The molecule has 0 N–H and O–H groups in total. The molecule has 0 aliphatic heterocycles. The lowest BCUT2D eigenvalue weighted by atomic mass is 9.97. The summed E-state index contributed by atoms with van der Waals surface area (Å²) >= 11 is 0. The first-order chi connectivity index (χ1) is 5.13. The molecular formula is C10H17N. The van der Waals surface area contributed by atoms with Crippen molar-refractivity contribution in [1.29, 1.82) is 5.26 Å². The zero-order chi connectivity index (χ0) is 8.85. The molecule has 0 aromatic carbocycles. The minimum atomic E-state index is 0.381. The van der Waals surface area contributed by atoms with Crippen LogP contribution in [-0.4, -0.2) is 0 Å². The van der Waals surface area contributed by atoms with E-state index in [9.17, 15) is 0 Å². The van der Waals surface area contributed by atoms with Crippen molar-refractivity contribution in [3.63, 3.8) is 0 Å². The Hall–Kier alpha value is -0.770. The van der Waals surface area contributed by atoms with Gasteiger partial charge in [-0.15, -0.1) is 0 Å². The number of nitrogens with zero attached hydrogens (tertiary/aromatic N) is 1. The molecule has 0 radical (unpaired) electrons. The summed E-state index contributed by atoms with van der Waals surface area (Å²) in [5, 5.41) is 8.79. The molecule has 0 unspecified atom stereocenters. The third-order valence-corrected chi connectivity index (χ3v) is 1.78. The number of nitriles is 1. The standard InChI is InChI=1S/C10H17N/c1-5-6-9(4)10(7-11)8(2)3/h8H,5-6H2,1-4H3. The third-order valence-electron chi connectivity index (χ3n) is 1.78. The number of hydrogen-bond acceptors (Lipinski definition) is 1. The Balaban J connectivity index is 4.44. The smallest absolute Gasteiger partial charge is 0.0949 e. The monoisotopic (exact) mass is 151 g/mol. The fourth-order valence-electron chi connectivity index (χ4n) is 1.23. The molecule has 1 nitrogen and oxygen atoms in total. The van der Waals surface area contributed by atoms with E-state index in [1.165, 1.54) is 5.57 Å². The summed E-state index contributed by atoms with van der Waals surface area (Å²) in [6.07, 6.45) is 2.19. The average molecular weight is 151 g/mol. The summed E-state index contributed by atoms with van der Waals surface area (Å²) in [6.45, 7) is 8.33. The summed E-state index contributed by atoms with van der Waals surface area (Å²) in [5.41, 5.74) is 2.22. The van der Waals surface area contributed by atoms with Gasteiger partial charge in [0.1, 0.15) is 0 Å². The van der Waals surface area contributed by atoms with Gasteiger partial charge in [0.15, 0.2) is 0 Å². The Bertz CT molecular complexity index is 182. The summed E-state index contributed by atoms with van der Waals surface area (Å²) in [7, 11) is 0. The zero-order valence-corrected chi connectivity index (χ0v) is 7.94. The molecule has 0 heterocycles. The Labute approximate surface area is 69.7 Å². The van der Waals surface area contributed by atoms with Crippen molar-refractivity contribution in [3.8, 4) is 6.07 Å². The Morgan fingerprint density at radius 1 is 1.45 bits per heavy atom. The van der Waals surface area contributed by atoms with Gasteiger partial charge in [0.2, 0.25) is 0 Å². The van der Waals surface area contributed by atoms with Crippen LogP contribution in [0.1, 0.15) is 40.5 Å². The van der Waals surface area contributed by atoms with Crippen LogP contribution >= 0.6 is 0 Å². The summed E-state index contributed by atoms with van der Waals surface area (Å²) in [5.74, 6) is 0.381. The first kappa shape index (κ1) is 10.2. The Morgan fingerprint density at radius 2 is 2.00 bits per heavy atom. The molecule has 0 aromatic heterocycles. The van der Waals surface area contributed by atoms with Crippen molar-refractivity contribution in [2.45, 2.75) is 40.5 Å². The second kappa shape index (κ2) is 4.96. The van der Waals surface area contributed by atoms with Gasteiger partial charge in [-0.1, -0.05) is 32.8 Å². The molecule has 0 amide bonds. The molecule has 0 saturated heterocycles. The van der Waals surface area contributed by atoms with E-state index in [1.807, 2.05) is 0 Å². The Morgan fingerprint density at radius 3 is 2.27 bits per heavy atom. The highest BCUT2D eigenvalue weighted by Crippen LogP contribution is 2.17. The van der Waals surface area contributed by atoms with Crippen LogP contribution in [-0.2, 0) is 0 Å². The van der Waals surface area contributed by atoms with Gasteiger partial charge in [0.05, 0.1) is 6.07 Å². The second-order valence-electron chi connectivity index (χ2n) is 3.21. The lowest BCUT2D eigenvalue weighted by Crippen LogP contribution is -1.95. The van der Waals surface area contributed by atoms with Crippen molar-refractivity contribution in [2.75, 3.05) is 0 Å². The molecule has 11 heavy (non-hydrogen) atoms. The van der Waals surface area contributed by atoms with Gasteiger partial charge in [-0.05, 0) is 19.3 Å². The summed E-state index contributed by atoms with van der Waals surface area (Å²) < 4.78 is 0. The minimum absolute atomic E-state index is 0.381. The first-order valence-corrected chi connectivity index (χ1v) is 4.23. The van der Waals surface area contributed by atoms with Crippen LogP contribution < -0.4 is 0 Å².